The highest BCUT2D eigenvalue weighted by molar-refractivity contribution is 7.95. The third-order valence-electron chi connectivity index (χ3n) is 2.51. The smallest absolute Gasteiger partial charge is 0.271 e. The number of hydrogen-bond donors (Lipinski definition) is 1. The van der Waals surface area contributed by atoms with Crippen molar-refractivity contribution >= 4 is 31.2 Å². The van der Waals surface area contributed by atoms with Gasteiger partial charge in [-0.25, -0.2) is 22.0 Å². The first kappa shape index (κ1) is 19.5. The van der Waals surface area contributed by atoms with Crippen LogP contribution in [0.15, 0.2) is 14.5 Å². The Morgan fingerprint density at radius 2 is 1.91 bits per heavy atom. The monoisotopic (exact) mass is 373 g/mol. The second-order valence-corrected chi connectivity index (χ2v) is 9.40. The summed E-state index contributed by atoms with van der Waals surface area (Å²) < 4.78 is 61.8. The number of sulfone groups is 1. The molecule has 0 fully saturated rings. The summed E-state index contributed by atoms with van der Waals surface area (Å²) in [6.07, 6.45) is 0. The lowest BCUT2D eigenvalue weighted by Gasteiger charge is -2.15. The molecule has 2 N–H and O–H groups in total. The van der Waals surface area contributed by atoms with Gasteiger partial charge in [-0.05, 0) is 25.5 Å². The van der Waals surface area contributed by atoms with Gasteiger partial charge in [0.15, 0.2) is 9.84 Å². The molecule has 1 unspecified atom stereocenters. The van der Waals surface area contributed by atoms with Gasteiger partial charge >= 0.3 is 0 Å². The van der Waals surface area contributed by atoms with E-state index < -0.39 is 26.3 Å². The van der Waals surface area contributed by atoms with Gasteiger partial charge in [-0.15, -0.1) is 11.3 Å². The van der Waals surface area contributed by atoms with Crippen LogP contribution in [-0.2, 0) is 34.1 Å². The van der Waals surface area contributed by atoms with Crippen molar-refractivity contribution in [3.8, 4) is 0 Å². The van der Waals surface area contributed by atoms with E-state index in [4.69, 9.17) is 19.3 Å². The summed E-state index contributed by atoms with van der Waals surface area (Å²) in [5, 5.41) is 5.00. The number of hydrogen-bond acceptors (Lipinski definition) is 8. The maximum absolute atomic E-state index is 12.2. The lowest BCUT2D eigenvalue weighted by molar-refractivity contribution is -0.272. The lowest BCUT2D eigenvalue weighted by atomic mass is 10.4. The zero-order chi connectivity index (χ0) is 17.0. The molecule has 1 heterocycles. The van der Waals surface area contributed by atoms with Crippen LogP contribution in [0.3, 0.4) is 0 Å². The fourth-order valence-corrected chi connectivity index (χ4v) is 5.48. The molecular weight excluding hydrogens is 354 g/mol. The van der Waals surface area contributed by atoms with Crippen molar-refractivity contribution in [3.63, 3.8) is 0 Å². The van der Waals surface area contributed by atoms with Crippen molar-refractivity contribution < 1.29 is 31.0 Å². The minimum Gasteiger partial charge on any atom is -0.333 e. The minimum absolute atomic E-state index is 0.0366. The highest BCUT2D eigenvalue weighted by atomic mass is 32.3. The molecular formula is C11H19NO7S3. The van der Waals surface area contributed by atoms with Gasteiger partial charge in [0.2, 0.25) is 10.0 Å². The fourth-order valence-electron chi connectivity index (χ4n) is 1.55. The van der Waals surface area contributed by atoms with Crippen molar-refractivity contribution in [1.29, 1.82) is 0 Å². The Hall–Kier alpha value is -0.560. The van der Waals surface area contributed by atoms with Gasteiger partial charge < -0.3 is 14.2 Å². The number of rotatable bonds is 9. The number of nitrogens with two attached hydrogens (primary N) is 1. The van der Waals surface area contributed by atoms with E-state index in [9.17, 15) is 16.8 Å². The lowest BCUT2D eigenvalue weighted by Crippen LogP contribution is -2.23. The Morgan fingerprint density at radius 3 is 2.36 bits per heavy atom. The average Bonchev–Trinajstić information content (AvgIpc) is 2.80. The van der Waals surface area contributed by atoms with Crippen molar-refractivity contribution in [2.75, 3.05) is 26.1 Å². The maximum atomic E-state index is 12.2. The van der Waals surface area contributed by atoms with Crippen molar-refractivity contribution in [3.05, 3.63) is 11.6 Å². The summed E-state index contributed by atoms with van der Waals surface area (Å²) in [4.78, 5) is 0. The predicted molar refractivity (Wildman–Crippen MR) is 80.9 cm³/mol. The van der Waals surface area contributed by atoms with E-state index in [-0.39, 0.29) is 20.8 Å². The predicted octanol–water partition coefficient (Wildman–Crippen LogP) is 0.461. The largest absolute Gasteiger partial charge is 0.333 e. The molecule has 0 aliphatic heterocycles. The summed E-state index contributed by atoms with van der Waals surface area (Å²) >= 11 is 0.629. The molecule has 0 saturated heterocycles. The Bertz CT molecular complexity index is 693. The molecule has 22 heavy (non-hydrogen) atoms. The molecule has 1 atom stereocenters. The topological polar surface area (TPSA) is 122 Å². The van der Waals surface area contributed by atoms with Crippen LogP contribution < -0.4 is 5.14 Å². The summed E-state index contributed by atoms with van der Waals surface area (Å²) in [6, 6.07) is 1.24. The first-order valence-electron chi connectivity index (χ1n) is 6.23. The summed E-state index contributed by atoms with van der Waals surface area (Å²) in [7, 11) is -6.24. The molecule has 1 aromatic rings. The van der Waals surface area contributed by atoms with Gasteiger partial charge in [-0.1, -0.05) is 0 Å². The number of sulfonamides is 1. The standard InChI is InChI=1S/C11H19NO7S3/c1-4-18-11(17-3)19-5-6-21(13,14)10-8(2)7-9(20-10)22(12,15)16/h7,11H,4-6H2,1-3H3,(H2,12,15,16). The van der Waals surface area contributed by atoms with E-state index in [1.54, 1.807) is 6.92 Å². The third kappa shape index (κ3) is 5.26. The molecule has 1 aromatic heterocycles. The van der Waals surface area contributed by atoms with E-state index >= 15 is 0 Å². The quantitative estimate of drug-likeness (QED) is 0.624. The highest BCUT2D eigenvalue weighted by Gasteiger charge is 2.24. The number of aryl methyl sites for hydroxylation is 1. The molecule has 11 heteroatoms. The van der Waals surface area contributed by atoms with Crippen molar-refractivity contribution in [2.24, 2.45) is 5.14 Å². The summed E-state index contributed by atoms with van der Waals surface area (Å²) in [6.45, 7) is 2.52. The molecule has 0 aromatic carbocycles. The van der Waals surface area contributed by atoms with Crippen LogP contribution in [0.4, 0.5) is 0 Å². The van der Waals surface area contributed by atoms with Gasteiger partial charge in [0.25, 0.3) is 6.48 Å². The van der Waals surface area contributed by atoms with Gasteiger partial charge in [0, 0.05) is 13.7 Å². The van der Waals surface area contributed by atoms with Gasteiger partial charge in [-0.3, -0.25) is 0 Å². The normalized spacial score (nSPS) is 14.2. The van der Waals surface area contributed by atoms with Crippen LogP contribution in [0.2, 0.25) is 0 Å². The molecule has 0 spiro atoms. The Balaban J connectivity index is 2.81. The second kappa shape index (κ2) is 7.81. The summed E-state index contributed by atoms with van der Waals surface area (Å²) in [5.74, 6) is -0.328. The number of primary sulfonamides is 1. The average molecular weight is 373 g/mol. The van der Waals surface area contributed by atoms with E-state index in [1.165, 1.54) is 20.1 Å². The second-order valence-electron chi connectivity index (χ2n) is 4.25. The number of ether oxygens (including phenoxy) is 3. The van der Waals surface area contributed by atoms with Gasteiger partial charge in [0.05, 0.1) is 12.4 Å². The molecule has 0 amide bonds. The van der Waals surface area contributed by atoms with Crippen molar-refractivity contribution in [2.45, 2.75) is 28.7 Å². The van der Waals surface area contributed by atoms with Crippen LogP contribution in [0.25, 0.3) is 0 Å². The SMILES string of the molecule is CCOC(OC)OCCS(=O)(=O)c1sc(S(N)(=O)=O)cc1C. The zero-order valence-corrected chi connectivity index (χ0v) is 14.9. The van der Waals surface area contributed by atoms with Crippen LogP contribution in [0.5, 0.6) is 0 Å². The molecule has 128 valence electrons. The zero-order valence-electron chi connectivity index (χ0n) is 12.4. The van der Waals surface area contributed by atoms with E-state index in [2.05, 4.69) is 0 Å². The van der Waals surface area contributed by atoms with Gasteiger partial charge in [0.1, 0.15) is 8.42 Å². The van der Waals surface area contributed by atoms with Gasteiger partial charge in [-0.2, -0.15) is 0 Å². The number of thiophene rings is 1. The summed E-state index contributed by atoms with van der Waals surface area (Å²) in [5.41, 5.74) is 0.335. The maximum Gasteiger partial charge on any atom is 0.271 e. The van der Waals surface area contributed by atoms with E-state index in [1.807, 2.05) is 0 Å². The first-order chi connectivity index (χ1) is 10.1. The Kier molecular flexibility index (Phi) is 6.92. The highest BCUT2D eigenvalue weighted by Crippen LogP contribution is 2.29. The van der Waals surface area contributed by atoms with Crippen LogP contribution >= 0.6 is 11.3 Å². The molecule has 0 saturated carbocycles. The van der Waals surface area contributed by atoms with E-state index in [0.717, 1.165) is 0 Å². The molecule has 0 radical (unpaired) electrons. The number of methoxy groups -OCH3 is 1. The van der Waals surface area contributed by atoms with Crippen molar-refractivity contribution in [1.82, 2.24) is 0 Å². The van der Waals surface area contributed by atoms with Crippen LogP contribution in [-0.4, -0.2) is 49.4 Å². The third-order valence-corrected chi connectivity index (χ3v) is 7.57. The fraction of sp³-hybridized carbons (Fsp3) is 0.636. The minimum atomic E-state index is -3.93. The molecule has 0 bridgehead atoms. The Morgan fingerprint density at radius 1 is 1.27 bits per heavy atom. The molecule has 8 nitrogen and oxygen atoms in total. The Labute approximate surface area is 134 Å². The molecule has 0 aliphatic rings. The first-order valence-corrected chi connectivity index (χ1v) is 10.2. The van der Waals surface area contributed by atoms with Crippen LogP contribution in [0, 0.1) is 6.92 Å². The van der Waals surface area contributed by atoms with Crippen LogP contribution in [0.1, 0.15) is 12.5 Å². The molecule has 0 aliphatic carbocycles. The molecule has 1 rings (SSSR count). The van der Waals surface area contributed by atoms with E-state index in [0.29, 0.717) is 23.5 Å².